The SMILES string of the molecule is O=C(Nc1cc(-c2cnn(-c3cscn3)c2)cc2c1C(c1cc(F)ccc1Cl)NC2=O)c1cc(F)cc(C(F)(F)F)c1. The van der Waals surface area contributed by atoms with Crippen LogP contribution in [0.25, 0.3) is 16.9 Å². The van der Waals surface area contributed by atoms with Crippen molar-refractivity contribution in [3.8, 4) is 16.9 Å². The van der Waals surface area contributed by atoms with Gasteiger partial charge < -0.3 is 10.6 Å². The number of nitrogens with zero attached hydrogens (tertiary/aromatic N) is 3. The number of hydrogen-bond acceptors (Lipinski definition) is 5. The number of thiazole rings is 1. The normalized spacial score (nSPS) is 14.5. The monoisotopic (exact) mass is 615 g/mol. The molecule has 3 aromatic carbocycles. The molecule has 2 N–H and O–H groups in total. The van der Waals surface area contributed by atoms with Crippen LogP contribution in [0.4, 0.5) is 27.6 Å². The van der Waals surface area contributed by atoms with Gasteiger partial charge >= 0.3 is 6.18 Å². The Balaban J connectivity index is 1.48. The van der Waals surface area contributed by atoms with E-state index in [1.165, 1.54) is 34.3 Å². The van der Waals surface area contributed by atoms with Gasteiger partial charge in [-0.3, -0.25) is 9.59 Å². The van der Waals surface area contributed by atoms with Crippen molar-refractivity contribution in [3.63, 3.8) is 0 Å². The summed E-state index contributed by atoms with van der Waals surface area (Å²) in [5.41, 5.74) is 1.11. The highest BCUT2D eigenvalue weighted by molar-refractivity contribution is 7.07. The standard InChI is InChI=1S/C28H15ClF5N5O2S/c29-21-2-1-17(30)8-19(21)25-24-20(27(41)38-25)5-13(15-9-36-39(10-15)23-11-42-12-35-23)6-22(24)37-26(40)14-3-16(28(32,33)34)7-18(31)4-14/h1-12,25H,(H,37,40)(H,38,41). The van der Waals surface area contributed by atoms with Crippen molar-refractivity contribution in [1.82, 2.24) is 20.1 Å². The Morgan fingerprint density at radius 3 is 2.60 bits per heavy atom. The van der Waals surface area contributed by atoms with Gasteiger partial charge in [-0.05, 0) is 54.1 Å². The molecule has 3 heterocycles. The highest BCUT2D eigenvalue weighted by Crippen LogP contribution is 2.42. The molecule has 0 radical (unpaired) electrons. The van der Waals surface area contributed by atoms with Crippen molar-refractivity contribution in [1.29, 1.82) is 0 Å². The van der Waals surface area contributed by atoms with Crippen molar-refractivity contribution in [2.75, 3.05) is 5.32 Å². The van der Waals surface area contributed by atoms with Crippen LogP contribution in [0.2, 0.25) is 5.02 Å². The fourth-order valence-electron chi connectivity index (χ4n) is 4.67. The third-order valence-electron chi connectivity index (χ3n) is 6.56. The van der Waals surface area contributed by atoms with Crippen molar-refractivity contribution < 1.29 is 31.5 Å². The number of hydrogen-bond donors (Lipinski definition) is 2. The van der Waals surface area contributed by atoms with Gasteiger partial charge in [0, 0.05) is 50.1 Å². The third kappa shape index (κ3) is 5.12. The zero-order chi connectivity index (χ0) is 29.8. The molecule has 5 aromatic rings. The third-order valence-corrected chi connectivity index (χ3v) is 7.48. The molecule has 7 nitrogen and oxygen atoms in total. The van der Waals surface area contributed by atoms with Gasteiger partial charge in [0.25, 0.3) is 11.8 Å². The van der Waals surface area contributed by atoms with Gasteiger partial charge in [-0.2, -0.15) is 18.3 Å². The number of aromatic nitrogens is 3. The molecule has 0 saturated carbocycles. The van der Waals surface area contributed by atoms with E-state index in [0.717, 1.165) is 12.1 Å². The van der Waals surface area contributed by atoms with E-state index >= 15 is 0 Å². The Morgan fingerprint density at radius 1 is 1.05 bits per heavy atom. The van der Waals surface area contributed by atoms with Crippen LogP contribution in [-0.4, -0.2) is 26.6 Å². The largest absolute Gasteiger partial charge is 0.416 e. The Morgan fingerprint density at radius 2 is 1.86 bits per heavy atom. The van der Waals surface area contributed by atoms with Crippen LogP contribution in [0.3, 0.4) is 0 Å². The quantitative estimate of drug-likeness (QED) is 0.208. The first-order valence-corrected chi connectivity index (χ1v) is 13.4. The van der Waals surface area contributed by atoms with E-state index in [-0.39, 0.29) is 33.5 Å². The van der Waals surface area contributed by atoms with E-state index < -0.39 is 46.8 Å². The fraction of sp³-hybridized carbons (Fsp3) is 0.0714. The van der Waals surface area contributed by atoms with Crippen molar-refractivity contribution >= 4 is 40.4 Å². The lowest BCUT2D eigenvalue weighted by molar-refractivity contribution is -0.137. The van der Waals surface area contributed by atoms with Gasteiger partial charge in [-0.15, -0.1) is 11.3 Å². The second-order valence-electron chi connectivity index (χ2n) is 9.26. The summed E-state index contributed by atoms with van der Waals surface area (Å²) in [7, 11) is 0. The number of nitrogens with one attached hydrogen (secondary N) is 2. The molecule has 42 heavy (non-hydrogen) atoms. The van der Waals surface area contributed by atoms with Gasteiger partial charge in [0.15, 0.2) is 5.82 Å². The molecule has 0 saturated heterocycles. The van der Waals surface area contributed by atoms with Crippen molar-refractivity contribution in [3.05, 3.63) is 116 Å². The summed E-state index contributed by atoms with van der Waals surface area (Å²) in [6.45, 7) is 0. The van der Waals surface area contributed by atoms with Gasteiger partial charge in [0.1, 0.15) is 11.6 Å². The lowest BCUT2D eigenvalue weighted by atomic mass is 9.93. The fourth-order valence-corrected chi connectivity index (χ4v) is 5.41. The maximum absolute atomic E-state index is 14.2. The summed E-state index contributed by atoms with van der Waals surface area (Å²) in [5.74, 6) is -2.98. The van der Waals surface area contributed by atoms with Gasteiger partial charge in [-0.1, -0.05) is 11.6 Å². The number of anilines is 1. The van der Waals surface area contributed by atoms with Crippen LogP contribution in [0.15, 0.2) is 71.8 Å². The molecule has 6 rings (SSSR count). The Bertz CT molecular complexity index is 1870. The molecule has 0 bridgehead atoms. The molecule has 2 amide bonds. The summed E-state index contributed by atoms with van der Waals surface area (Å²) in [4.78, 5) is 30.6. The summed E-state index contributed by atoms with van der Waals surface area (Å²) in [6, 6.07) is 7.04. The zero-order valence-corrected chi connectivity index (χ0v) is 22.4. The first-order valence-electron chi connectivity index (χ1n) is 12.0. The van der Waals surface area contributed by atoms with Crippen LogP contribution in [0.5, 0.6) is 0 Å². The minimum Gasteiger partial charge on any atom is -0.341 e. The maximum atomic E-state index is 14.2. The first-order chi connectivity index (χ1) is 20.0. The predicted molar refractivity (Wildman–Crippen MR) is 145 cm³/mol. The number of alkyl halides is 3. The second kappa shape index (κ2) is 10.3. The number of carbonyl (C=O) groups is 2. The van der Waals surface area contributed by atoms with Gasteiger partial charge in [0.2, 0.25) is 0 Å². The van der Waals surface area contributed by atoms with Crippen LogP contribution < -0.4 is 10.6 Å². The van der Waals surface area contributed by atoms with E-state index in [9.17, 15) is 31.5 Å². The molecule has 1 unspecified atom stereocenters. The minimum absolute atomic E-state index is 0.00964. The van der Waals surface area contributed by atoms with Gasteiger partial charge in [-0.25, -0.2) is 18.4 Å². The summed E-state index contributed by atoms with van der Waals surface area (Å²) >= 11 is 7.69. The van der Waals surface area contributed by atoms with Crippen molar-refractivity contribution in [2.24, 2.45) is 0 Å². The highest BCUT2D eigenvalue weighted by atomic mass is 35.5. The van der Waals surface area contributed by atoms with Crippen molar-refractivity contribution in [2.45, 2.75) is 12.2 Å². The zero-order valence-electron chi connectivity index (χ0n) is 20.8. The topological polar surface area (TPSA) is 88.9 Å². The summed E-state index contributed by atoms with van der Waals surface area (Å²) < 4.78 is 69.7. The first kappa shape index (κ1) is 27.5. The number of fused-ring (bicyclic) bond motifs is 1. The molecule has 2 aromatic heterocycles. The summed E-state index contributed by atoms with van der Waals surface area (Å²) in [6.07, 6.45) is -1.76. The number of rotatable bonds is 5. The molecule has 212 valence electrons. The molecule has 1 aliphatic heterocycles. The average Bonchev–Trinajstić information content (AvgIpc) is 3.70. The van der Waals surface area contributed by atoms with E-state index in [1.807, 2.05) is 0 Å². The Hall–Kier alpha value is -4.62. The number of benzene rings is 3. The van der Waals surface area contributed by atoms with E-state index in [2.05, 4.69) is 20.7 Å². The predicted octanol–water partition coefficient (Wildman–Crippen LogP) is 7.03. The molecule has 14 heteroatoms. The molecule has 1 aliphatic rings. The average molecular weight is 616 g/mol. The summed E-state index contributed by atoms with van der Waals surface area (Å²) in [5, 5.41) is 11.4. The lowest BCUT2D eigenvalue weighted by Crippen LogP contribution is -2.21. The molecule has 0 spiro atoms. The second-order valence-corrected chi connectivity index (χ2v) is 10.4. The molecule has 0 aliphatic carbocycles. The molecule has 0 fully saturated rings. The number of carbonyl (C=O) groups excluding carboxylic acids is 2. The number of halogens is 6. The van der Waals surface area contributed by atoms with E-state index in [1.54, 1.807) is 23.2 Å². The van der Waals surface area contributed by atoms with Crippen LogP contribution >= 0.6 is 22.9 Å². The smallest absolute Gasteiger partial charge is 0.341 e. The lowest BCUT2D eigenvalue weighted by Gasteiger charge is -2.19. The van der Waals surface area contributed by atoms with Crippen LogP contribution in [-0.2, 0) is 6.18 Å². The van der Waals surface area contributed by atoms with E-state index in [0.29, 0.717) is 29.1 Å². The van der Waals surface area contributed by atoms with E-state index in [4.69, 9.17) is 11.6 Å². The maximum Gasteiger partial charge on any atom is 0.416 e. The highest BCUT2D eigenvalue weighted by Gasteiger charge is 2.36. The Labute approximate surface area is 242 Å². The molecular formula is C28H15ClF5N5O2S. The molecule has 1 atom stereocenters. The van der Waals surface area contributed by atoms with Gasteiger partial charge in [0.05, 0.1) is 23.3 Å². The number of amides is 2. The minimum atomic E-state index is -4.90. The van der Waals surface area contributed by atoms with Crippen LogP contribution in [0.1, 0.15) is 43.4 Å². The molecular weight excluding hydrogens is 601 g/mol. The van der Waals surface area contributed by atoms with Crippen LogP contribution in [0, 0.1) is 11.6 Å². The Kier molecular flexibility index (Phi) is 6.78.